The molecule has 2 aromatic carbocycles. The van der Waals surface area contributed by atoms with E-state index in [4.69, 9.17) is 4.74 Å². The molecule has 3 heteroatoms. The highest BCUT2D eigenvalue weighted by molar-refractivity contribution is 5.77. The van der Waals surface area contributed by atoms with Crippen LogP contribution >= 0.6 is 0 Å². The third-order valence-corrected chi connectivity index (χ3v) is 3.27. The summed E-state index contributed by atoms with van der Waals surface area (Å²) >= 11 is 0. The second kappa shape index (κ2) is 6.24. The van der Waals surface area contributed by atoms with E-state index in [0.717, 1.165) is 5.56 Å². The Morgan fingerprint density at radius 1 is 1.05 bits per heavy atom. The van der Waals surface area contributed by atoms with Gasteiger partial charge >= 0.3 is 5.97 Å². The van der Waals surface area contributed by atoms with Gasteiger partial charge in [0.2, 0.25) is 5.60 Å². The first-order valence-electron chi connectivity index (χ1n) is 6.61. The molecular weight excluding hydrogens is 252 g/mol. The van der Waals surface area contributed by atoms with Gasteiger partial charge in [0.05, 0.1) is 0 Å². The van der Waals surface area contributed by atoms with Crippen LogP contribution in [0.5, 0.6) is 5.75 Å². The fourth-order valence-electron chi connectivity index (χ4n) is 1.98. The lowest BCUT2D eigenvalue weighted by Gasteiger charge is -2.26. The number of aliphatic carboxylic acids is 1. The molecule has 0 aliphatic heterocycles. The van der Waals surface area contributed by atoms with Gasteiger partial charge in [0.25, 0.3) is 0 Å². The summed E-state index contributed by atoms with van der Waals surface area (Å²) in [6.07, 6.45) is 1.08. The van der Waals surface area contributed by atoms with Crippen molar-refractivity contribution in [1.82, 2.24) is 0 Å². The minimum absolute atomic E-state index is 0.418. The van der Waals surface area contributed by atoms with Crippen LogP contribution in [0.2, 0.25) is 0 Å². The summed E-state index contributed by atoms with van der Waals surface area (Å²) in [6, 6.07) is 18.9. The van der Waals surface area contributed by atoms with Crippen molar-refractivity contribution in [1.29, 1.82) is 0 Å². The van der Waals surface area contributed by atoms with Gasteiger partial charge in [-0.15, -0.1) is 0 Å². The fraction of sp³-hybridized carbons (Fsp3) is 0.235. The summed E-state index contributed by atoms with van der Waals surface area (Å²) in [5, 5.41) is 9.45. The molecule has 0 bridgehead atoms. The van der Waals surface area contributed by atoms with E-state index < -0.39 is 11.6 Å². The van der Waals surface area contributed by atoms with Gasteiger partial charge in [0.15, 0.2) is 0 Å². The minimum atomic E-state index is -1.23. The van der Waals surface area contributed by atoms with Gasteiger partial charge in [-0.05, 0) is 31.0 Å². The van der Waals surface area contributed by atoms with Crippen LogP contribution in [0, 0.1) is 0 Å². The Morgan fingerprint density at radius 2 is 1.60 bits per heavy atom. The van der Waals surface area contributed by atoms with Gasteiger partial charge < -0.3 is 9.84 Å². The zero-order valence-corrected chi connectivity index (χ0v) is 11.5. The molecule has 0 heterocycles. The van der Waals surface area contributed by atoms with E-state index in [2.05, 4.69) is 0 Å². The number of hydrogen-bond donors (Lipinski definition) is 1. The summed E-state index contributed by atoms with van der Waals surface area (Å²) < 4.78 is 5.69. The number of para-hydroxylation sites is 1. The van der Waals surface area contributed by atoms with E-state index in [-0.39, 0.29) is 0 Å². The third kappa shape index (κ3) is 3.60. The SMILES string of the molecule is CC(CCc1ccccc1)(Oc1ccccc1)C(=O)O. The number of aryl methyl sites for hydroxylation is 1. The molecule has 0 radical (unpaired) electrons. The smallest absolute Gasteiger partial charge is 0.347 e. The summed E-state index contributed by atoms with van der Waals surface area (Å²) in [7, 11) is 0. The van der Waals surface area contributed by atoms with Crippen molar-refractivity contribution >= 4 is 5.97 Å². The molecule has 104 valence electrons. The second-order valence-corrected chi connectivity index (χ2v) is 4.94. The summed E-state index contributed by atoms with van der Waals surface area (Å²) in [5.74, 6) is -0.372. The van der Waals surface area contributed by atoms with Crippen LogP contribution in [0.15, 0.2) is 60.7 Å². The van der Waals surface area contributed by atoms with E-state index in [1.54, 1.807) is 19.1 Å². The van der Waals surface area contributed by atoms with E-state index >= 15 is 0 Å². The molecule has 0 saturated heterocycles. The predicted octanol–water partition coefficient (Wildman–Crippen LogP) is 3.54. The average Bonchev–Trinajstić information content (AvgIpc) is 2.47. The van der Waals surface area contributed by atoms with Crippen molar-refractivity contribution in [3.63, 3.8) is 0 Å². The molecule has 0 amide bonds. The summed E-state index contributed by atoms with van der Waals surface area (Å²) in [5.41, 5.74) is -0.117. The monoisotopic (exact) mass is 270 g/mol. The molecule has 1 N–H and O–H groups in total. The van der Waals surface area contributed by atoms with Crippen LogP contribution in [0.25, 0.3) is 0 Å². The Labute approximate surface area is 118 Å². The highest BCUT2D eigenvalue weighted by Crippen LogP contribution is 2.23. The van der Waals surface area contributed by atoms with Gasteiger partial charge in [0, 0.05) is 6.42 Å². The fourth-order valence-corrected chi connectivity index (χ4v) is 1.98. The first-order chi connectivity index (χ1) is 9.60. The Morgan fingerprint density at radius 3 is 2.15 bits per heavy atom. The normalized spacial score (nSPS) is 13.4. The molecule has 0 spiro atoms. The Bertz CT molecular complexity index is 551. The van der Waals surface area contributed by atoms with Crippen LogP contribution in [-0.4, -0.2) is 16.7 Å². The maximum Gasteiger partial charge on any atom is 0.347 e. The molecule has 2 rings (SSSR count). The standard InChI is InChI=1S/C17H18O3/c1-17(16(18)19,20-15-10-6-3-7-11-15)13-12-14-8-4-2-5-9-14/h2-11H,12-13H2,1H3,(H,18,19). The van der Waals surface area contributed by atoms with Gasteiger partial charge in [-0.1, -0.05) is 48.5 Å². The van der Waals surface area contributed by atoms with Crippen molar-refractivity contribution < 1.29 is 14.6 Å². The van der Waals surface area contributed by atoms with Gasteiger partial charge in [-0.2, -0.15) is 0 Å². The molecule has 3 nitrogen and oxygen atoms in total. The largest absolute Gasteiger partial charge is 0.478 e. The van der Waals surface area contributed by atoms with Crippen molar-refractivity contribution in [3.8, 4) is 5.75 Å². The van der Waals surface area contributed by atoms with E-state index in [1.807, 2.05) is 48.5 Å². The average molecular weight is 270 g/mol. The van der Waals surface area contributed by atoms with Crippen LogP contribution in [0.4, 0.5) is 0 Å². The van der Waals surface area contributed by atoms with E-state index in [1.165, 1.54) is 0 Å². The lowest BCUT2D eigenvalue weighted by Crippen LogP contribution is -2.42. The number of ether oxygens (including phenoxy) is 1. The van der Waals surface area contributed by atoms with Crippen molar-refractivity contribution in [3.05, 3.63) is 66.2 Å². The Balaban J connectivity index is 2.08. The Hall–Kier alpha value is -2.29. The minimum Gasteiger partial charge on any atom is -0.478 e. The van der Waals surface area contributed by atoms with Gasteiger partial charge in [-0.3, -0.25) is 0 Å². The van der Waals surface area contributed by atoms with E-state index in [0.29, 0.717) is 18.6 Å². The number of carboxylic acids is 1. The second-order valence-electron chi connectivity index (χ2n) is 4.94. The number of rotatable bonds is 6. The van der Waals surface area contributed by atoms with Crippen molar-refractivity contribution in [2.24, 2.45) is 0 Å². The van der Waals surface area contributed by atoms with Crippen molar-refractivity contribution in [2.45, 2.75) is 25.4 Å². The zero-order chi connectivity index (χ0) is 14.4. The number of carboxylic acid groups (broad SMARTS) is 1. The lowest BCUT2D eigenvalue weighted by molar-refractivity contribution is -0.154. The predicted molar refractivity (Wildman–Crippen MR) is 77.9 cm³/mol. The van der Waals surface area contributed by atoms with E-state index in [9.17, 15) is 9.90 Å². The summed E-state index contributed by atoms with van der Waals surface area (Å²) in [4.78, 5) is 11.5. The molecule has 0 aliphatic carbocycles. The topological polar surface area (TPSA) is 46.5 Å². The molecule has 1 atom stereocenters. The maximum absolute atomic E-state index is 11.5. The molecule has 0 fully saturated rings. The quantitative estimate of drug-likeness (QED) is 0.873. The first-order valence-corrected chi connectivity index (χ1v) is 6.61. The number of benzene rings is 2. The maximum atomic E-state index is 11.5. The highest BCUT2D eigenvalue weighted by atomic mass is 16.5. The number of carbonyl (C=O) groups is 1. The molecule has 0 aliphatic rings. The van der Waals surface area contributed by atoms with Crippen LogP contribution in [-0.2, 0) is 11.2 Å². The molecule has 2 aromatic rings. The molecule has 1 unspecified atom stereocenters. The molecule has 0 aromatic heterocycles. The van der Waals surface area contributed by atoms with Gasteiger partial charge in [-0.25, -0.2) is 4.79 Å². The van der Waals surface area contributed by atoms with Gasteiger partial charge in [0.1, 0.15) is 5.75 Å². The van der Waals surface area contributed by atoms with Crippen LogP contribution in [0.1, 0.15) is 18.9 Å². The first kappa shape index (κ1) is 14.1. The highest BCUT2D eigenvalue weighted by Gasteiger charge is 2.35. The number of hydrogen-bond acceptors (Lipinski definition) is 2. The van der Waals surface area contributed by atoms with Crippen LogP contribution in [0.3, 0.4) is 0 Å². The van der Waals surface area contributed by atoms with Crippen molar-refractivity contribution in [2.75, 3.05) is 0 Å². The van der Waals surface area contributed by atoms with Crippen LogP contribution < -0.4 is 4.74 Å². The molecular formula is C17H18O3. The Kier molecular flexibility index (Phi) is 4.41. The molecule has 20 heavy (non-hydrogen) atoms. The molecule has 0 saturated carbocycles. The third-order valence-electron chi connectivity index (χ3n) is 3.27. The summed E-state index contributed by atoms with van der Waals surface area (Å²) in [6.45, 7) is 1.62. The lowest BCUT2D eigenvalue weighted by atomic mass is 9.96. The zero-order valence-electron chi connectivity index (χ0n) is 11.5.